The normalized spacial score (nSPS) is 13.0. The van der Waals surface area contributed by atoms with Crippen molar-refractivity contribution in [3.63, 3.8) is 0 Å². The van der Waals surface area contributed by atoms with Gasteiger partial charge in [-0.15, -0.1) is 0 Å². The van der Waals surface area contributed by atoms with Crippen LogP contribution in [-0.2, 0) is 26.2 Å². The molecule has 0 spiro atoms. The summed E-state index contributed by atoms with van der Waals surface area (Å²) in [6, 6.07) is 11.0. The predicted octanol–water partition coefficient (Wildman–Crippen LogP) is 3.32. The maximum atomic E-state index is 13.6. The van der Waals surface area contributed by atoms with Gasteiger partial charge in [-0.25, -0.2) is 12.8 Å². The number of amides is 2. The van der Waals surface area contributed by atoms with Crippen molar-refractivity contribution in [3.05, 3.63) is 59.9 Å². The van der Waals surface area contributed by atoms with Gasteiger partial charge in [0.15, 0.2) is 0 Å². The van der Waals surface area contributed by atoms with Gasteiger partial charge in [-0.3, -0.25) is 13.9 Å². The Kier molecular flexibility index (Phi) is 10.1. The van der Waals surface area contributed by atoms with Crippen LogP contribution < -0.4 is 14.4 Å². The second-order valence-corrected chi connectivity index (χ2v) is 10.3. The van der Waals surface area contributed by atoms with Crippen molar-refractivity contribution >= 4 is 27.5 Å². The van der Waals surface area contributed by atoms with Crippen LogP contribution in [-0.4, -0.2) is 57.1 Å². The number of carbonyl (C=O) groups is 2. The van der Waals surface area contributed by atoms with Crippen molar-refractivity contribution in [2.75, 3.05) is 24.2 Å². The first-order valence-corrected chi connectivity index (χ1v) is 13.3. The highest BCUT2D eigenvalue weighted by atomic mass is 32.2. The molecule has 2 rings (SSSR count). The Bertz CT molecular complexity index is 1090. The van der Waals surface area contributed by atoms with Crippen molar-refractivity contribution in [2.45, 2.75) is 52.2 Å². The van der Waals surface area contributed by atoms with Gasteiger partial charge < -0.3 is 15.0 Å². The number of nitrogens with one attached hydrogen (secondary N) is 1. The molecule has 0 aliphatic carbocycles. The van der Waals surface area contributed by atoms with Crippen LogP contribution in [0, 0.1) is 5.82 Å². The van der Waals surface area contributed by atoms with Crippen molar-refractivity contribution in [3.8, 4) is 5.75 Å². The van der Waals surface area contributed by atoms with Crippen LogP contribution >= 0.6 is 0 Å². The first-order valence-electron chi connectivity index (χ1n) is 11.5. The zero-order valence-electron chi connectivity index (χ0n) is 20.8. The predicted molar refractivity (Wildman–Crippen MR) is 134 cm³/mol. The van der Waals surface area contributed by atoms with Crippen molar-refractivity contribution in [2.24, 2.45) is 0 Å². The van der Waals surface area contributed by atoms with Crippen molar-refractivity contribution in [1.82, 2.24) is 10.2 Å². The highest BCUT2D eigenvalue weighted by molar-refractivity contribution is 7.92. The molecule has 0 aliphatic heterocycles. The zero-order chi connectivity index (χ0) is 26.2. The largest absolute Gasteiger partial charge is 0.497 e. The van der Waals surface area contributed by atoms with Gasteiger partial charge in [-0.1, -0.05) is 26.0 Å². The van der Waals surface area contributed by atoms with Gasteiger partial charge in [0.25, 0.3) is 0 Å². The van der Waals surface area contributed by atoms with Crippen LogP contribution in [0.5, 0.6) is 5.75 Å². The number of hydrogen-bond donors (Lipinski definition) is 1. The summed E-state index contributed by atoms with van der Waals surface area (Å²) in [7, 11) is -2.32. The van der Waals surface area contributed by atoms with Gasteiger partial charge in [-0.05, 0) is 61.7 Å². The third-order valence-electron chi connectivity index (χ3n) is 5.69. The van der Waals surface area contributed by atoms with E-state index in [4.69, 9.17) is 4.74 Å². The second-order valence-electron chi connectivity index (χ2n) is 8.36. The van der Waals surface area contributed by atoms with E-state index in [2.05, 4.69) is 5.32 Å². The molecular formula is C25H34FN3O5S. The molecule has 2 amide bonds. The molecule has 0 fully saturated rings. The highest BCUT2D eigenvalue weighted by Gasteiger charge is 2.32. The molecule has 0 radical (unpaired) electrons. The first-order chi connectivity index (χ1) is 16.5. The lowest BCUT2D eigenvalue weighted by molar-refractivity contribution is -0.140. The molecule has 10 heteroatoms. The van der Waals surface area contributed by atoms with Crippen molar-refractivity contribution < 1.29 is 27.1 Å². The third kappa shape index (κ3) is 7.95. The molecule has 2 aromatic rings. The van der Waals surface area contributed by atoms with E-state index in [9.17, 15) is 22.4 Å². The maximum absolute atomic E-state index is 13.6. The lowest BCUT2D eigenvalue weighted by atomic mass is 10.1. The number of benzene rings is 2. The number of sulfonamides is 1. The summed E-state index contributed by atoms with van der Waals surface area (Å²) in [5, 5.41) is 2.92. The fourth-order valence-electron chi connectivity index (χ4n) is 3.51. The summed E-state index contributed by atoms with van der Waals surface area (Å²) >= 11 is 0. The van der Waals surface area contributed by atoms with Gasteiger partial charge in [0.1, 0.15) is 24.2 Å². The minimum atomic E-state index is -3.87. The molecule has 0 heterocycles. The highest BCUT2D eigenvalue weighted by Crippen LogP contribution is 2.21. The number of nitrogens with zero attached hydrogens (tertiary/aromatic N) is 2. The number of rotatable bonds is 12. The topological polar surface area (TPSA) is 96.0 Å². The van der Waals surface area contributed by atoms with E-state index in [0.29, 0.717) is 12.2 Å². The van der Waals surface area contributed by atoms with Gasteiger partial charge in [0.05, 0.1) is 19.1 Å². The molecule has 8 nitrogen and oxygen atoms in total. The summed E-state index contributed by atoms with van der Waals surface area (Å²) in [4.78, 5) is 28.0. The molecular weight excluding hydrogens is 473 g/mol. The van der Waals surface area contributed by atoms with Crippen LogP contribution in [0.25, 0.3) is 0 Å². The zero-order valence-corrected chi connectivity index (χ0v) is 21.6. The molecule has 192 valence electrons. The lowest BCUT2D eigenvalue weighted by Gasteiger charge is -2.33. The van der Waals surface area contributed by atoms with Crippen LogP contribution in [0.1, 0.15) is 39.2 Å². The third-order valence-corrected chi connectivity index (χ3v) is 6.83. The van der Waals surface area contributed by atoms with Gasteiger partial charge in [-0.2, -0.15) is 0 Å². The number of methoxy groups -OCH3 is 1. The summed E-state index contributed by atoms with van der Waals surface area (Å²) in [6.07, 6.45) is 2.03. The van der Waals surface area contributed by atoms with E-state index in [-0.39, 0.29) is 24.2 Å². The van der Waals surface area contributed by atoms with Crippen LogP contribution in [0.2, 0.25) is 0 Å². The van der Waals surface area contributed by atoms with Crippen molar-refractivity contribution in [1.29, 1.82) is 0 Å². The van der Waals surface area contributed by atoms with E-state index in [0.717, 1.165) is 34.7 Å². The monoisotopic (exact) mass is 507 g/mol. The minimum absolute atomic E-state index is 0.0822. The average Bonchev–Trinajstić information content (AvgIpc) is 2.82. The Labute approximate surface area is 207 Å². The number of hydrogen-bond acceptors (Lipinski definition) is 5. The molecule has 0 aliphatic rings. The number of anilines is 1. The Morgan fingerprint density at radius 3 is 2.11 bits per heavy atom. The average molecular weight is 508 g/mol. The maximum Gasteiger partial charge on any atom is 0.244 e. The number of carbonyl (C=O) groups excluding carboxylic acids is 2. The van der Waals surface area contributed by atoms with Gasteiger partial charge >= 0.3 is 0 Å². The number of ether oxygens (including phenoxy) is 1. The molecule has 35 heavy (non-hydrogen) atoms. The van der Waals surface area contributed by atoms with E-state index in [1.807, 2.05) is 13.8 Å². The Balaban J connectivity index is 2.42. The molecule has 0 unspecified atom stereocenters. The smallest absolute Gasteiger partial charge is 0.244 e. The Hall–Kier alpha value is -3.14. The van der Waals surface area contributed by atoms with Gasteiger partial charge in [0.2, 0.25) is 21.8 Å². The summed E-state index contributed by atoms with van der Waals surface area (Å²) in [5.41, 5.74) is 0.908. The molecule has 1 N–H and O–H groups in total. The summed E-state index contributed by atoms with van der Waals surface area (Å²) < 4.78 is 44.6. The van der Waals surface area contributed by atoms with Crippen LogP contribution in [0.3, 0.4) is 0 Å². The standard InChI is InChI=1S/C25H34FN3O5S/c1-6-18(3)27-25(31)23(7-2)28(16-19-8-14-22(34-4)15-9-19)24(30)17-29(35(5,32)33)21-12-10-20(26)11-13-21/h8-15,18,23H,6-7,16-17H2,1-5H3,(H,27,31)/t18-,23+/m0/s1. The van der Waals surface area contributed by atoms with E-state index >= 15 is 0 Å². The number of halogens is 1. The molecule has 0 aromatic heterocycles. The summed E-state index contributed by atoms with van der Waals surface area (Å²) in [5.74, 6) is -0.742. The molecule has 0 saturated carbocycles. The van der Waals surface area contributed by atoms with E-state index in [1.54, 1.807) is 38.3 Å². The summed E-state index contributed by atoms with van der Waals surface area (Å²) in [6.45, 7) is 5.17. The quantitative estimate of drug-likeness (QED) is 0.476. The van der Waals surface area contributed by atoms with E-state index in [1.165, 1.54) is 17.0 Å². The molecule has 2 aromatic carbocycles. The molecule has 0 bridgehead atoms. The molecule has 2 atom stereocenters. The first kappa shape index (κ1) is 28.1. The minimum Gasteiger partial charge on any atom is -0.497 e. The van der Waals surface area contributed by atoms with Gasteiger partial charge in [0, 0.05) is 12.6 Å². The Morgan fingerprint density at radius 1 is 1.03 bits per heavy atom. The fraction of sp³-hybridized carbons (Fsp3) is 0.440. The SMILES string of the molecule is CC[C@H](C(=O)N[C@@H](C)CC)N(Cc1ccc(OC)cc1)C(=O)CN(c1ccc(F)cc1)S(C)(=O)=O. The molecule has 0 saturated heterocycles. The fourth-order valence-corrected chi connectivity index (χ4v) is 4.36. The second kappa shape index (κ2) is 12.5. The Morgan fingerprint density at radius 2 is 1.63 bits per heavy atom. The van der Waals surface area contributed by atoms with Crippen LogP contribution in [0.15, 0.2) is 48.5 Å². The lowest BCUT2D eigenvalue weighted by Crippen LogP contribution is -2.53. The van der Waals surface area contributed by atoms with E-state index < -0.39 is 34.3 Å². The van der Waals surface area contributed by atoms with Crippen LogP contribution in [0.4, 0.5) is 10.1 Å².